The minimum Gasteiger partial charge on any atom is -0.494 e. The molecule has 21 heavy (non-hydrogen) atoms. The van der Waals surface area contributed by atoms with Gasteiger partial charge in [-0.2, -0.15) is 0 Å². The van der Waals surface area contributed by atoms with E-state index in [-0.39, 0.29) is 11.2 Å². The Balaban J connectivity index is 1.94. The van der Waals surface area contributed by atoms with E-state index in [1.807, 2.05) is 49.6 Å². The van der Waals surface area contributed by atoms with Gasteiger partial charge in [0, 0.05) is 5.69 Å². The van der Waals surface area contributed by atoms with Gasteiger partial charge in [0.15, 0.2) is 0 Å². The first-order chi connectivity index (χ1) is 10.2. The Morgan fingerprint density at radius 2 is 1.86 bits per heavy atom. The van der Waals surface area contributed by atoms with Crippen molar-refractivity contribution in [3.05, 3.63) is 48.0 Å². The SMILES string of the molecule is CCOc1ccc(-c2ccc3c(c2)C(SC)C(=O)N3)cc1. The summed E-state index contributed by atoms with van der Waals surface area (Å²) in [6.45, 7) is 2.64. The van der Waals surface area contributed by atoms with Crippen LogP contribution < -0.4 is 10.1 Å². The lowest BCUT2D eigenvalue weighted by Gasteiger charge is -2.09. The van der Waals surface area contributed by atoms with Crippen LogP contribution >= 0.6 is 11.8 Å². The van der Waals surface area contributed by atoms with E-state index in [9.17, 15) is 4.79 Å². The summed E-state index contributed by atoms with van der Waals surface area (Å²) >= 11 is 1.56. The highest BCUT2D eigenvalue weighted by atomic mass is 32.2. The van der Waals surface area contributed by atoms with Crippen LogP contribution in [0.15, 0.2) is 42.5 Å². The molecule has 0 saturated heterocycles. The highest BCUT2D eigenvalue weighted by molar-refractivity contribution is 7.99. The molecule has 1 amide bonds. The van der Waals surface area contributed by atoms with E-state index in [4.69, 9.17) is 4.74 Å². The first-order valence-electron chi connectivity index (χ1n) is 6.93. The Hall–Kier alpha value is -1.94. The summed E-state index contributed by atoms with van der Waals surface area (Å²) in [5.74, 6) is 0.947. The summed E-state index contributed by atoms with van der Waals surface area (Å²) in [7, 11) is 0. The van der Waals surface area contributed by atoms with Crippen molar-refractivity contribution >= 4 is 23.4 Å². The average molecular weight is 299 g/mol. The number of hydrogen-bond donors (Lipinski definition) is 1. The fraction of sp³-hybridized carbons (Fsp3) is 0.235. The van der Waals surface area contributed by atoms with Crippen LogP contribution in [0.5, 0.6) is 5.75 Å². The molecule has 1 aliphatic rings. The van der Waals surface area contributed by atoms with Crippen molar-refractivity contribution in [2.45, 2.75) is 12.2 Å². The zero-order chi connectivity index (χ0) is 14.8. The maximum Gasteiger partial charge on any atom is 0.242 e. The van der Waals surface area contributed by atoms with Crippen LogP contribution in [0.3, 0.4) is 0 Å². The van der Waals surface area contributed by atoms with Crippen LogP contribution in [-0.4, -0.2) is 18.8 Å². The second-order valence-corrected chi connectivity index (χ2v) is 5.81. The van der Waals surface area contributed by atoms with Crippen molar-refractivity contribution in [2.75, 3.05) is 18.2 Å². The minimum atomic E-state index is -0.109. The van der Waals surface area contributed by atoms with Gasteiger partial charge in [-0.15, -0.1) is 11.8 Å². The van der Waals surface area contributed by atoms with Gasteiger partial charge in [-0.25, -0.2) is 0 Å². The molecule has 0 bridgehead atoms. The predicted octanol–water partition coefficient (Wildman–Crippen LogP) is 4.11. The number of ether oxygens (including phenoxy) is 1. The lowest BCUT2D eigenvalue weighted by Crippen LogP contribution is -2.08. The van der Waals surface area contributed by atoms with Crippen LogP contribution in [0, 0.1) is 0 Å². The first-order valence-corrected chi connectivity index (χ1v) is 8.22. The highest BCUT2D eigenvalue weighted by Gasteiger charge is 2.29. The van der Waals surface area contributed by atoms with Gasteiger partial charge in [0.25, 0.3) is 0 Å². The Morgan fingerprint density at radius 1 is 1.14 bits per heavy atom. The van der Waals surface area contributed by atoms with Gasteiger partial charge in [0.05, 0.1) is 6.61 Å². The Bertz CT molecular complexity index is 667. The van der Waals surface area contributed by atoms with Gasteiger partial charge in [-0.3, -0.25) is 4.79 Å². The fourth-order valence-electron chi connectivity index (χ4n) is 2.56. The lowest BCUT2D eigenvalue weighted by atomic mass is 10.0. The number of benzene rings is 2. The topological polar surface area (TPSA) is 38.3 Å². The number of fused-ring (bicyclic) bond motifs is 1. The number of amides is 1. The van der Waals surface area contributed by atoms with E-state index >= 15 is 0 Å². The molecule has 1 aliphatic heterocycles. The standard InChI is InChI=1S/C17H17NO2S/c1-3-20-13-7-4-11(5-8-13)12-6-9-15-14(10-12)16(21-2)17(19)18-15/h4-10,16H,3H2,1-2H3,(H,18,19). The van der Waals surface area contributed by atoms with Gasteiger partial charge < -0.3 is 10.1 Å². The molecule has 0 spiro atoms. The number of anilines is 1. The van der Waals surface area contributed by atoms with Crippen LogP contribution in [0.25, 0.3) is 11.1 Å². The highest BCUT2D eigenvalue weighted by Crippen LogP contribution is 2.40. The monoisotopic (exact) mass is 299 g/mol. The summed E-state index contributed by atoms with van der Waals surface area (Å²) in [6, 6.07) is 14.2. The largest absolute Gasteiger partial charge is 0.494 e. The van der Waals surface area contributed by atoms with Crippen molar-refractivity contribution < 1.29 is 9.53 Å². The number of rotatable bonds is 4. The lowest BCUT2D eigenvalue weighted by molar-refractivity contribution is -0.115. The van der Waals surface area contributed by atoms with Gasteiger partial charge in [-0.05, 0) is 54.1 Å². The van der Waals surface area contributed by atoms with Gasteiger partial charge in [-0.1, -0.05) is 18.2 Å². The summed E-state index contributed by atoms with van der Waals surface area (Å²) in [5.41, 5.74) is 4.24. The summed E-state index contributed by atoms with van der Waals surface area (Å²) in [4.78, 5) is 11.9. The molecular weight excluding hydrogens is 282 g/mol. The second kappa shape index (κ2) is 5.82. The molecule has 2 aromatic carbocycles. The van der Waals surface area contributed by atoms with E-state index in [0.29, 0.717) is 6.61 Å². The molecule has 0 aliphatic carbocycles. The number of thioether (sulfide) groups is 1. The zero-order valence-electron chi connectivity index (χ0n) is 12.1. The van der Waals surface area contributed by atoms with Crippen LogP contribution in [0.1, 0.15) is 17.7 Å². The van der Waals surface area contributed by atoms with E-state index < -0.39 is 0 Å². The molecule has 2 aromatic rings. The maximum absolute atomic E-state index is 11.9. The molecule has 0 aromatic heterocycles. The number of carbonyl (C=O) groups excluding carboxylic acids is 1. The molecule has 0 radical (unpaired) electrons. The van der Waals surface area contributed by atoms with E-state index in [1.54, 1.807) is 11.8 Å². The van der Waals surface area contributed by atoms with Crippen LogP contribution in [0.2, 0.25) is 0 Å². The molecular formula is C17H17NO2S. The van der Waals surface area contributed by atoms with E-state index in [0.717, 1.165) is 28.1 Å². The molecule has 0 saturated carbocycles. The summed E-state index contributed by atoms with van der Waals surface area (Å²) in [5, 5.41) is 2.81. The van der Waals surface area contributed by atoms with Gasteiger partial charge in [0.1, 0.15) is 11.0 Å². The van der Waals surface area contributed by atoms with Crippen molar-refractivity contribution in [2.24, 2.45) is 0 Å². The fourth-order valence-corrected chi connectivity index (χ4v) is 3.28. The number of carbonyl (C=O) groups is 1. The second-order valence-electron chi connectivity index (χ2n) is 4.86. The molecule has 1 unspecified atom stereocenters. The molecule has 3 nitrogen and oxygen atoms in total. The third-order valence-corrected chi connectivity index (χ3v) is 4.50. The Kier molecular flexibility index (Phi) is 3.88. The third kappa shape index (κ3) is 2.63. The Labute approximate surface area is 128 Å². The van der Waals surface area contributed by atoms with Crippen LogP contribution in [-0.2, 0) is 4.79 Å². The number of hydrogen-bond acceptors (Lipinski definition) is 3. The molecule has 1 N–H and O–H groups in total. The van der Waals surface area contributed by atoms with Gasteiger partial charge in [0.2, 0.25) is 5.91 Å². The first kappa shape index (κ1) is 14.0. The maximum atomic E-state index is 11.9. The molecule has 0 fully saturated rings. The summed E-state index contributed by atoms with van der Waals surface area (Å²) < 4.78 is 5.46. The molecule has 4 heteroatoms. The molecule has 108 valence electrons. The average Bonchev–Trinajstić information content (AvgIpc) is 2.82. The van der Waals surface area contributed by atoms with Crippen molar-refractivity contribution in [3.63, 3.8) is 0 Å². The van der Waals surface area contributed by atoms with E-state index in [2.05, 4.69) is 11.4 Å². The van der Waals surface area contributed by atoms with Crippen molar-refractivity contribution in [1.82, 2.24) is 0 Å². The predicted molar refractivity (Wildman–Crippen MR) is 87.9 cm³/mol. The van der Waals surface area contributed by atoms with Gasteiger partial charge >= 0.3 is 0 Å². The zero-order valence-corrected chi connectivity index (χ0v) is 12.9. The van der Waals surface area contributed by atoms with Crippen molar-refractivity contribution in [1.29, 1.82) is 0 Å². The number of nitrogens with one attached hydrogen (secondary N) is 1. The van der Waals surface area contributed by atoms with Crippen LogP contribution in [0.4, 0.5) is 5.69 Å². The Morgan fingerprint density at radius 3 is 2.52 bits per heavy atom. The quantitative estimate of drug-likeness (QED) is 0.923. The smallest absolute Gasteiger partial charge is 0.242 e. The minimum absolute atomic E-state index is 0.0707. The molecule has 1 heterocycles. The third-order valence-electron chi connectivity index (χ3n) is 3.56. The normalized spacial score (nSPS) is 16.5. The molecule has 1 atom stereocenters. The summed E-state index contributed by atoms with van der Waals surface area (Å²) in [6.07, 6.45) is 1.96. The molecule has 3 rings (SSSR count). The van der Waals surface area contributed by atoms with E-state index in [1.165, 1.54) is 0 Å². The van der Waals surface area contributed by atoms with Crippen molar-refractivity contribution in [3.8, 4) is 16.9 Å².